The highest BCUT2D eigenvalue weighted by atomic mass is 15.2. The van der Waals surface area contributed by atoms with Crippen LogP contribution >= 0.6 is 0 Å². The normalized spacial score (nSPS) is 20.9. The Balaban J connectivity index is 2.01. The molecule has 1 aromatic rings. The van der Waals surface area contributed by atoms with Crippen molar-refractivity contribution in [2.75, 3.05) is 24.5 Å². The highest BCUT2D eigenvalue weighted by Crippen LogP contribution is 2.24. The van der Waals surface area contributed by atoms with Gasteiger partial charge in [-0.05, 0) is 49.9 Å². The zero-order valence-electron chi connectivity index (χ0n) is 9.32. The van der Waals surface area contributed by atoms with Crippen LogP contribution in [0.3, 0.4) is 0 Å². The summed E-state index contributed by atoms with van der Waals surface area (Å²) in [4.78, 5) is 6.78. The molecule has 0 spiro atoms. The largest absolute Gasteiger partial charge is 0.356 e. The highest BCUT2D eigenvalue weighted by Gasteiger charge is 2.22. The third-order valence-electron chi connectivity index (χ3n) is 3.09. The number of anilines is 1. The number of hydrogen-bond acceptors (Lipinski definition) is 3. The van der Waals surface area contributed by atoms with Crippen molar-refractivity contribution in [2.24, 2.45) is 11.7 Å². The van der Waals surface area contributed by atoms with Gasteiger partial charge in [0.05, 0.1) is 0 Å². The Hall–Kier alpha value is -1.09. The van der Waals surface area contributed by atoms with Crippen molar-refractivity contribution in [1.29, 1.82) is 0 Å². The number of pyridine rings is 1. The van der Waals surface area contributed by atoms with Crippen LogP contribution in [0.2, 0.25) is 0 Å². The average molecular weight is 205 g/mol. The van der Waals surface area contributed by atoms with Crippen molar-refractivity contribution < 1.29 is 0 Å². The standard InChI is InChI=1S/C12H19N3/c1-10-3-6-14-12(8-10)15-7-4-11(9-15)2-5-13/h3,6,8,11H,2,4-5,7,9,13H2,1H3. The number of rotatable bonds is 3. The molecular formula is C12H19N3. The zero-order chi connectivity index (χ0) is 10.7. The Bertz CT molecular complexity index is 324. The molecule has 1 saturated heterocycles. The molecule has 0 aliphatic carbocycles. The molecule has 2 N–H and O–H groups in total. The SMILES string of the molecule is Cc1ccnc(N2CCC(CCN)C2)c1. The van der Waals surface area contributed by atoms with Crippen LogP contribution in [0.5, 0.6) is 0 Å². The van der Waals surface area contributed by atoms with Crippen LogP contribution in [-0.4, -0.2) is 24.6 Å². The predicted molar refractivity (Wildman–Crippen MR) is 63.0 cm³/mol. The van der Waals surface area contributed by atoms with Gasteiger partial charge in [0.15, 0.2) is 0 Å². The summed E-state index contributed by atoms with van der Waals surface area (Å²) >= 11 is 0. The lowest BCUT2D eigenvalue weighted by Gasteiger charge is -2.17. The van der Waals surface area contributed by atoms with Gasteiger partial charge < -0.3 is 10.6 Å². The van der Waals surface area contributed by atoms with E-state index in [-0.39, 0.29) is 0 Å². The van der Waals surface area contributed by atoms with E-state index in [2.05, 4.69) is 22.9 Å². The minimum absolute atomic E-state index is 0.761. The summed E-state index contributed by atoms with van der Waals surface area (Å²) in [5, 5.41) is 0. The third-order valence-corrected chi connectivity index (χ3v) is 3.09. The maximum Gasteiger partial charge on any atom is 0.128 e. The fourth-order valence-electron chi connectivity index (χ4n) is 2.21. The molecule has 1 atom stereocenters. The minimum atomic E-state index is 0.761. The van der Waals surface area contributed by atoms with Gasteiger partial charge in [-0.1, -0.05) is 0 Å². The van der Waals surface area contributed by atoms with E-state index in [1.807, 2.05) is 12.3 Å². The highest BCUT2D eigenvalue weighted by molar-refractivity contribution is 5.41. The predicted octanol–water partition coefficient (Wildman–Crippen LogP) is 1.57. The average Bonchev–Trinajstić information content (AvgIpc) is 2.67. The van der Waals surface area contributed by atoms with Crippen LogP contribution in [0.4, 0.5) is 5.82 Å². The van der Waals surface area contributed by atoms with E-state index in [0.717, 1.165) is 37.8 Å². The topological polar surface area (TPSA) is 42.2 Å². The molecule has 3 heteroatoms. The zero-order valence-corrected chi connectivity index (χ0v) is 9.32. The van der Waals surface area contributed by atoms with Gasteiger partial charge in [-0.15, -0.1) is 0 Å². The van der Waals surface area contributed by atoms with Gasteiger partial charge in [0.2, 0.25) is 0 Å². The van der Waals surface area contributed by atoms with E-state index in [4.69, 9.17) is 5.73 Å². The van der Waals surface area contributed by atoms with Gasteiger partial charge in [-0.3, -0.25) is 0 Å². The van der Waals surface area contributed by atoms with Crippen LogP contribution in [0.15, 0.2) is 18.3 Å². The lowest BCUT2D eigenvalue weighted by atomic mass is 10.1. The summed E-state index contributed by atoms with van der Waals surface area (Å²) in [6.45, 7) is 5.16. The molecule has 1 aliphatic rings. The van der Waals surface area contributed by atoms with Crippen molar-refractivity contribution in [1.82, 2.24) is 4.98 Å². The van der Waals surface area contributed by atoms with Crippen LogP contribution in [-0.2, 0) is 0 Å². The summed E-state index contributed by atoms with van der Waals surface area (Å²) in [5.74, 6) is 1.88. The molecule has 1 unspecified atom stereocenters. The second-order valence-electron chi connectivity index (χ2n) is 4.37. The fourth-order valence-corrected chi connectivity index (χ4v) is 2.21. The summed E-state index contributed by atoms with van der Waals surface area (Å²) in [5.41, 5.74) is 6.86. The van der Waals surface area contributed by atoms with Gasteiger partial charge in [-0.2, -0.15) is 0 Å². The lowest BCUT2D eigenvalue weighted by Crippen LogP contribution is -2.21. The molecule has 2 heterocycles. The van der Waals surface area contributed by atoms with E-state index in [1.165, 1.54) is 12.0 Å². The molecule has 0 aromatic carbocycles. The van der Waals surface area contributed by atoms with Crippen molar-refractivity contribution in [2.45, 2.75) is 19.8 Å². The van der Waals surface area contributed by atoms with Gasteiger partial charge >= 0.3 is 0 Å². The Morgan fingerprint density at radius 1 is 1.60 bits per heavy atom. The summed E-state index contributed by atoms with van der Waals surface area (Å²) in [6, 6.07) is 4.20. The second kappa shape index (κ2) is 4.62. The smallest absolute Gasteiger partial charge is 0.128 e. The van der Waals surface area contributed by atoms with Crippen LogP contribution in [0.1, 0.15) is 18.4 Å². The van der Waals surface area contributed by atoms with Crippen molar-refractivity contribution in [3.8, 4) is 0 Å². The van der Waals surface area contributed by atoms with Crippen LogP contribution < -0.4 is 10.6 Å². The van der Waals surface area contributed by atoms with E-state index < -0.39 is 0 Å². The number of nitrogens with two attached hydrogens (primary N) is 1. The summed E-state index contributed by atoms with van der Waals surface area (Å²) in [6.07, 6.45) is 4.29. The Morgan fingerprint density at radius 2 is 2.47 bits per heavy atom. The van der Waals surface area contributed by atoms with Gasteiger partial charge in [0, 0.05) is 19.3 Å². The molecule has 0 bridgehead atoms. The number of aromatic nitrogens is 1. The summed E-state index contributed by atoms with van der Waals surface area (Å²) in [7, 11) is 0. The second-order valence-corrected chi connectivity index (χ2v) is 4.37. The van der Waals surface area contributed by atoms with E-state index in [9.17, 15) is 0 Å². The molecule has 0 amide bonds. The first kappa shape index (κ1) is 10.4. The lowest BCUT2D eigenvalue weighted by molar-refractivity contribution is 0.546. The molecule has 0 radical (unpaired) electrons. The van der Waals surface area contributed by atoms with E-state index >= 15 is 0 Å². The maximum absolute atomic E-state index is 5.58. The van der Waals surface area contributed by atoms with Crippen molar-refractivity contribution in [3.63, 3.8) is 0 Å². The van der Waals surface area contributed by atoms with Crippen molar-refractivity contribution >= 4 is 5.82 Å². The quantitative estimate of drug-likeness (QED) is 0.814. The molecule has 1 aromatic heterocycles. The van der Waals surface area contributed by atoms with Gasteiger partial charge in [0.25, 0.3) is 0 Å². The number of hydrogen-bond donors (Lipinski definition) is 1. The monoisotopic (exact) mass is 205 g/mol. The Labute approximate surface area is 91.3 Å². The minimum Gasteiger partial charge on any atom is -0.356 e. The van der Waals surface area contributed by atoms with Gasteiger partial charge in [0.1, 0.15) is 5.82 Å². The fraction of sp³-hybridized carbons (Fsp3) is 0.583. The van der Waals surface area contributed by atoms with Crippen LogP contribution in [0, 0.1) is 12.8 Å². The first-order valence-electron chi connectivity index (χ1n) is 5.67. The Morgan fingerprint density at radius 3 is 3.20 bits per heavy atom. The molecule has 15 heavy (non-hydrogen) atoms. The molecule has 3 nitrogen and oxygen atoms in total. The molecule has 1 aliphatic heterocycles. The van der Waals surface area contributed by atoms with Gasteiger partial charge in [-0.25, -0.2) is 4.98 Å². The first-order valence-corrected chi connectivity index (χ1v) is 5.67. The van der Waals surface area contributed by atoms with Crippen LogP contribution in [0.25, 0.3) is 0 Å². The van der Waals surface area contributed by atoms with E-state index in [0.29, 0.717) is 0 Å². The molecule has 0 saturated carbocycles. The maximum atomic E-state index is 5.58. The molecule has 1 fully saturated rings. The first-order chi connectivity index (χ1) is 7.29. The third kappa shape index (κ3) is 2.48. The van der Waals surface area contributed by atoms with E-state index in [1.54, 1.807) is 0 Å². The number of nitrogens with zero attached hydrogens (tertiary/aromatic N) is 2. The summed E-state index contributed by atoms with van der Waals surface area (Å²) < 4.78 is 0. The van der Waals surface area contributed by atoms with Crippen molar-refractivity contribution in [3.05, 3.63) is 23.9 Å². The molecule has 82 valence electrons. The molecular weight excluding hydrogens is 186 g/mol. The number of aryl methyl sites for hydroxylation is 1. The Kier molecular flexibility index (Phi) is 3.21. The molecule has 2 rings (SSSR count).